The molecule has 0 unspecified atom stereocenters. The number of nitrogens with two attached hydrogens (primary N) is 1. The molecule has 2 rings (SSSR count). The van der Waals surface area contributed by atoms with Crippen LogP contribution in [-0.4, -0.2) is 37.9 Å². The van der Waals surface area contributed by atoms with E-state index >= 15 is 0 Å². The molecule has 3 N–H and O–H groups in total. The Morgan fingerprint density at radius 2 is 2.30 bits per heavy atom. The highest BCUT2D eigenvalue weighted by molar-refractivity contribution is 7.87. The monoisotopic (exact) mass is 298 g/mol. The van der Waals surface area contributed by atoms with Crippen LogP contribution < -0.4 is 9.86 Å². The molecule has 1 atom stereocenters. The van der Waals surface area contributed by atoms with Gasteiger partial charge in [-0.05, 0) is 43.4 Å². The van der Waals surface area contributed by atoms with Gasteiger partial charge in [-0.3, -0.25) is 9.88 Å². The predicted octanol–water partition coefficient (Wildman–Crippen LogP) is 0.395. The minimum Gasteiger partial charge on any atom is -0.299 e. The Morgan fingerprint density at radius 3 is 3.00 bits per heavy atom. The number of nitrogens with zero attached hydrogens (tertiary/aromatic N) is 2. The van der Waals surface area contributed by atoms with Gasteiger partial charge in [-0.1, -0.05) is 6.07 Å². The average molecular weight is 298 g/mol. The van der Waals surface area contributed by atoms with Crippen LogP contribution in [0.15, 0.2) is 18.5 Å². The highest BCUT2D eigenvalue weighted by atomic mass is 32.2. The molecule has 0 aliphatic carbocycles. The van der Waals surface area contributed by atoms with Gasteiger partial charge in [0.05, 0.1) is 0 Å². The number of likely N-dealkylation sites (tertiary alicyclic amines) is 1. The highest BCUT2D eigenvalue weighted by Gasteiger charge is 2.21. The summed E-state index contributed by atoms with van der Waals surface area (Å²) < 4.78 is 24.3. The molecule has 0 saturated carbocycles. The van der Waals surface area contributed by atoms with Crippen LogP contribution in [0.4, 0.5) is 0 Å². The van der Waals surface area contributed by atoms with Gasteiger partial charge in [-0.2, -0.15) is 8.42 Å². The van der Waals surface area contributed by atoms with Crippen LogP contribution in [0.2, 0.25) is 0 Å². The van der Waals surface area contributed by atoms with Gasteiger partial charge in [0, 0.05) is 32.0 Å². The number of piperidine rings is 1. The highest BCUT2D eigenvalue weighted by Crippen LogP contribution is 2.18. The second-order valence-electron chi connectivity index (χ2n) is 5.51. The summed E-state index contributed by atoms with van der Waals surface area (Å²) >= 11 is 0. The van der Waals surface area contributed by atoms with Gasteiger partial charge in [0.25, 0.3) is 10.2 Å². The first-order chi connectivity index (χ1) is 9.42. The normalized spacial score (nSPS) is 21.0. The molecule has 0 radical (unpaired) electrons. The zero-order valence-corrected chi connectivity index (χ0v) is 12.6. The molecule has 0 spiro atoms. The third-order valence-corrected chi connectivity index (χ3v) is 4.08. The van der Waals surface area contributed by atoms with Crippen molar-refractivity contribution in [1.82, 2.24) is 14.6 Å². The van der Waals surface area contributed by atoms with Crippen LogP contribution in [0.5, 0.6) is 0 Å². The maximum atomic E-state index is 10.9. The first kappa shape index (κ1) is 15.4. The molecule has 1 saturated heterocycles. The molecular formula is C13H22N4O2S. The molecule has 0 amide bonds. The van der Waals surface area contributed by atoms with Crippen molar-refractivity contribution >= 4 is 10.2 Å². The van der Waals surface area contributed by atoms with E-state index in [1.807, 2.05) is 19.3 Å². The van der Waals surface area contributed by atoms with E-state index in [1.54, 1.807) is 0 Å². The fraction of sp³-hybridized carbons (Fsp3) is 0.615. The first-order valence-electron chi connectivity index (χ1n) is 6.82. The van der Waals surface area contributed by atoms with Crippen molar-refractivity contribution in [2.24, 2.45) is 11.1 Å². The molecule has 1 aliphatic rings. The SMILES string of the molecule is Cc1cncc(CN2CCC[C@H](CNS(N)(=O)=O)C2)c1. The van der Waals surface area contributed by atoms with Crippen molar-refractivity contribution in [3.05, 3.63) is 29.6 Å². The molecule has 1 aromatic heterocycles. The lowest BCUT2D eigenvalue weighted by atomic mass is 9.98. The van der Waals surface area contributed by atoms with E-state index in [1.165, 1.54) is 5.56 Å². The molecule has 112 valence electrons. The van der Waals surface area contributed by atoms with Crippen molar-refractivity contribution in [2.45, 2.75) is 26.3 Å². The molecule has 0 bridgehead atoms. The number of pyridine rings is 1. The molecule has 20 heavy (non-hydrogen) atoms. The number of aryl methyl sites for hydroxylation is 1. The van der Waals surface area contributed by atoms with E-state index in [-0.39, 0.29) is 0 Å². The molecule has 1 fully saturated rings. The smallest absolute Gasteiger partial charge is 0.274 e. The maximum Gasteiger partial charge on any atom is 0.274 e. The van der Waals surface area contributed by atoms with Crippen LogP contribution in [0.1, 0.15) is 24.0 Å². The lowest BCUT2D eigenvalue weighted by molar-refractivity contribution is 0.168. The van der Waals surface area contributed by atoms with Crippen LogP contribution in [-0.2, 0) is 16.8 Å². The first-order valence-corrected chi connectivity index (χ1v) is 8.37. The van der Waals surface area contributed by atoms with E-state index in [9.17, 15) is 8.42 Å². The fourth-order valence-corrected chi connectivity index (χ4v) is 3.13. The fourth-order valence-electron chi connectivity index (χ4n) is 2.66. The van der Waals surface area contributed by atoms with Crippen molar-refractivity contribution in [3.63, 3.8) is 0 Å². The van der Waals surface area contributed by atoms with Crippen molar-refractivity contribution in [1.29, 1.82) is 0 Å². The minimum atomic E-state index is -3.58. The Bertz CT molecular complexity index is 547. The third kappa shape index (κ3) is 5.16. The molecule has 1 aliphatic heterocycles. The summed E-state index contributed by atoms with van der Waals surface area (Å²) in [7, 11) is -3.58. The number of hydrogen-bond donors (Lipinski definition) is 2. The molecule has 2 heterocycles. The second kappa shape index (κ2) is 6.62. The van der Waals surface area contributed by atoms with E-state index in [4.69, 9.17) is 5.14 Å². The molecule has 7 heteroatoms. The van der Waals surface area contributed by atoms with E-state index < -0.39 is 10.2 Å². The van der Waals surface area contributed by atoms with E-state index in [2.05, 4.69) is 20.7 Å². The largest absolute Gasteiger partial charge is 0.299 e. The third-order valence-electron chi connectivity index (χ3n) is 3.51. The van der Waals surface area contributed by atoms with Crippen molar-refractivity contribution in [3.8, 4) is 0 Å². The summed E-state index contributed by atoms with van der Waals surface area (Å²) in [6.45, 7) is 5.24. The average Bonchev–Trinajstić information content (AvgIpc) is 2.36. The molecule has 0 aromatic carbocycles. The standard InChI is InChI=1S/C13H22N4O2S/c1-11-5-13(7-15-6-11)10-17-4-2-3-12(9-17)8-16-20(14,18)19/h5-7,12,16H,2-4,8-10H2,1H3,(H2,14,18,19)/t12-/m1/s1. The van der Waals surface area contributed by atoms with Gasteiger partial charge in [-0.15, -0.1) is 0 Å². The Morgan fingerprint density at radius 1 is 1.50 bits per heavy atom. The van der Waals surface area contributed by atoms with Gasteiger partial charge in [-0.25, -0.2) is 9.86 Å². The summed E-state index contributed by atoms with van der Waals surface area (Å²) in [5.41, 5.74) is 2.36. The summed E-state index contributed by atoms with van der Waals surface area (Å²) in [4.78, 5) is 6.55. The van der Waals surface area contributed by atoms with Crippen LogP contribution >= 0.6 is 0 Å². The van der Waals surface area contributed by atoms with E-state index in [0.29, 0.717) is 12.5 Å². The van der Waals surface area contributed by atoms with E-state index in [0.717, 1.165) is 38.0 Å². The lowest BCUT2D eigenvalue weighted by Gasteiger charge is -2.32. The predicted molar refractivity (Wildman–Crippen MR) is 78.1 cm³/mol. The van der Waals surface area contributed by atoms with Crippen LogP contribution in [0.3, 0.4) is 0 Å². The summed E-state index contributed by atoms with van der Waals surface area (Å²) in [6.07, 6.45) is 5.85. The Balaban J connectivity index is 1.87. The zero-order valence-electron chi connectivity index (χ0n) is 11.7. The maximum absolute atomic E-state index is 10.9. The van der Waals surface area contributed by atoms with Gasteiger partial charge >= 0.3 is 0 Å². The van der Waals surface area contributed by atoms with Crippen molar-refractivity contribution in [2.75, 3.05) is 19.6 Å². The number of hydrogen-bond acceptors (Lipinski definition) is 4. The van der Waals surface area contributed by atoms with Gasteiger partial charge in [0.15, 0.2) is 0 Å². The zero-order chi connectivity index (χ0) is 14.6. The topological polar surface area (TPSA) is 88.3 Å². The minimum absolute atomic E-state index is 0.319. The van der Waals surface area contributed by atoms with Gasteiger partial charge in [0.1, 0.15) is 0 Å². The molecule has 1 aromatic rings. The molecule has 6 nitrogen and oxygen atoms in total. The Labute approximate surface area is 120 Å². The number of aromatic nitrogens is 1. The quantitative estimate of drug-likeness (QED) is 0.823. The van der Waals surface area contributed by atoms with Crippen molar-refractivity contribution < 1.29 is 8.42 Å². The van der Waals surface area contributed by atoms with Crippen LogP contribution in [0.25, 0.3) is 0 Å². The lowest BCUT2D eigenvalue weighted by Crippen LogP contribution is -2.42. The van der Waals surface area contributed by atoms with Gasteiger partial charge in [0.2, 0.25) is 0 Å². The molecular weight excluding hydrogens is 276 g/mol. The Hall–Kier alpha value is -1.02. The Kier molecular flexibility index (Phi) is 5.09. The summed E-state index contributed by atoms with van der Waals surface area (Å²) in [5, 5.41) is 4.97. The summed E-state index contributed by atoms with van der Waals surface area (Å²) in [6, 6.07) is 2.14. The van der Waals surface area contributed by atoms with Crippen LogP contribution in [0, 0.1) is 12.8 Å². The summed E-state index contributed by atoms with van der Waals surface area (Å²) in [5.74, 6) is 0.319. The second-order valence-corrected chi connectivity index (χ2v) is 6.89. The number of nitrogens with one attached hydrogen (secondary N) is 1. The van der Waals surface area contributed by atoms with Gasteiger partial charge < -0.3 is 0 Å². The number of rotatable bonds is 5.